The summed E-state index contributed by atoms with van der Waals surface area (Å²) >= 11 is 6.44. The Kier molecular flexibility index (Phi) is 3.82. The van der Waals surface area contributed by atoms with Gasteiger partial charge in [-0.1, -0.05) is 57.9 Å². The van der Waals surface area contributed by atoms with Crippen LogP contribution in [0.2, 0.25) is 0 Å². The Morgan fingerprint density at radius 1 is 1.24 bits per heavy atom. The molecule has 1 aliphatic rings. The lowest BCUT2D eigenvalue weighted by Gasteiger charge is -2.23. The van der Waals surface area contributed by atoms with Gasteiger partial charge in [-0.25, -0.2) is 0 Å². The molecule has 2 rings (SSSR count). The molecule has 1 heteroatoms. The Bertz CT molecular complexity index is 360. The van der Waals surface area contributed by atoms with Crippen LogP contribution >= 0.6 is 11.6 Å². The molecule has 1 atom stereocenters. The molecular weight excluding hydrogens is 228 g/mol. The summed E-state index contributed by atoms with van der Waals surface area (Å²) in [5.41, 5.74) is 2.98. The Hall–Kier alpha value is -0.490. The normalized spacial score (nSPS) is 18.1. The molecule has 17 heavy (non-hydrogen) atoms. The van der Waals surface area contributed by atoms with Gasteiger partial charge < -0.3 is 0 Å². The van der Waals surface area contributed by atoms with Crippen LogP contribution in [0.15, 0.2) is 24.3 Å². The van der Waals surface area contributed by atoms with Gasteiger partial charge in [0.25, 0.3) is 0 Å². The maximum atomic E-state index is 6.44. The van der Waals surface area contributed by atoms with Gasteiger partial charge in [-0.2, -0.15) is 0 Å². The molecule has 0 nitrogen and oxygen atoms in total. The van der Waals surface area contributed by atoms with Gasteiger partial charge in [0.05, 0.1) is 5.38 Å². The molecule has 0 spiro atoms. The summed E-state index contributed by atoms with van der Waals surface area (Å²) in [4.78, 5) is 0. The first-order chi connectivity index (χ1) is 8.03. The first-order valence-corrected chi connectivity index (χ1v) is 7.21. The molecule has 0 aromatic heterocycles. The van der Waals surface area contributed by atoms with Crippen LogP contribution in [0.5, 0.6) is 0 Å². The SMILES string of the molecule is CCC(C)(C)c1ccc(C(Cl)CC2CC2)cc1. The maximum Gasteiger partial charge on any atom is 0.0587 e. The minimum absolute atomic E-state index is 0.210. The third kappa shape index (κ3) is 3.25. The second-order valence-electron chi connectivity index (χ2n) is 6.01. The molecule has 1 unspecified atom stereocenters. The van der Waals surface area contributed by atoms with E-state index in [1.54, 1.807) is 0 Å². The third-order valence-electron chi connectivity index (χ3n) is 4.17. The lowest BCUT2D eigenvalue weighted by Crippen LogP contribution is -2.15. The Morgan fingerprint density at radius 2 is 1.82 bits per heavy atom. The van der Waals surface area contributed by atoms with Crippen molar-refractivity contribution in [3.8, 4) is 0 Å². The van der Waals surface area contributed by atoms with E-state index in [4.69, 9.17) is 11.6 Å². The molecular formula is C16H23Cl. The number of benzene rings is 1. The van der Waals surface area contributed by atoms with Gasteiger partial charge in [-0.3, -0.25) is 0 Å². The van der Waals surface area contributed by atoms with E-state index in [1.165, 1.54) is 30.4 Å². The van der Waals surface area contributed by atoms with Gasteiger partial charge in [0.1, 0.15) is 0 Å². The smallest absolute Gasteiger partial charge is 0.0587 e. The summed E-state index contributed by atoms with van der Waals surface area (Å²) in [6, 6.07) is 8.93. The average molecular weight is 251 g/mol. The van der Waals surface area contributed by atoms with E-state index in [2.05, 4.69) is 45.0 Å². The zero-order valence-electron chi connectivity index (χ0n) is 11.2. The predicted molar refractivity (Wildman–Crippen MR) is 75.7 cm³/mol. The highest BCUT2D eigenvalue weighted by Gasteiger charge is 2.25. The van der Waals surface area contributed by atoms with Gasteiger partial charge in [-0.15, -0.1) is 11.6 Å². The minimum atomic E-state index is 0.210. The van der Waals surface area contributed by atoms with Crippen LogP contribution in [0.25, 0.3) is 0 Å². The zero-order valence-corrected chi connectivity index (χ0v) is 11.9. The van der Waals surface area contributed by atoms with Crippen LogP contribution in [0, 0.1) is 5.92 Å². The highest BCUT2D eigenvalue weighted by Crippen LogP contribution is 2.40. The molecule has 0 amide bonds. The van der Waals surface area contributed by atoms with Gasteiger partial charge >= 0.3 is 0 Å². The van der Waals surface area contributed by atoms with E-state index < -0.39 is 0 Å². The molecule has 0 saturated heterocycles. The van der Waals surface area contributed by atoms with Crippen LogP contribution < -0.4 is 0 Å². The van der Waals surface area contributed by atoms with Crippen LogP contribution in [-0.2, 0) is 5.41 Å². The van der Waals surface area contributed by atoms with Crippen LogP contribution in [0.1, 0.15) is 63.0 Å². The monoisotopic (exact) mass is 250 g/mol. The fraction of sp³-hybridized carbons (Fsp3) is 0.625. The lowest BCUT2D eigenvalue weighted by molar-refractivity contribution is 0.506. The fourth-order valence-corrected chi connectivity index (χ4v) is 2.53. The molecule has 0 aliphatic heterocycles. The summed E-state index contributed by atoms with van der Waals surface area (Å²) in [5, 5.41) is 0.210. The van der Waals surface area contributed by atoms with Gasteiger partial charge in [-0.05, 0) is 35.3 Å². The highest BCUT2D eigenvalue weighted by molar-refractivity contribution is 6.20. The number of rotatable bonds is 5. The lowest BCUT2D eigenvalue weighted by atomic mass is 9.82. The molecule has 1 fully saturated rings. The predicted octanol–water partition coefficient (Wildman–Crippen LogP) is 5.45. The van der Waals surface area contributed by atoms with Crippen molar-refractivity contribution in [2.24, 2.45) is 5.92 Å². The van der Waals surface area contributed by atoms with E-state index >= 15 is 0 Å². The molecule has 1 aliphatic carbocycles. The molecule has 0 radical (unpaired) electrons. The first-order valence-electron chi connectivity index (χ1n) is 6.77. The summed E-state index contributed by atoms with van der Waals surface area (Å²) < 4.78 is 0. The number of hydrogen-bond donors (Lipinski definition) is 0. The molecule has 0 heterocycles. The van der Waals surface area contributed by atoms with E-state index in [0.29, 0.717) is 0 Å². The van der Waals surface area contributed by atoms with E-state index in [0.717, 1.165) is 12.3 Å². The average Bonchev–Trinajstić information content (AvgIpc) is 3.13. The molecule has 1 saturated carbocycles. The van der Waals surface area contributed by atoms with Crippen LogP contribution in [0.3, 0.4) is 0 Å². The molecule has 1 aromatic rings. The zero-order chi connectivity index (χ0) is 12.5. The Balaban J connectivity index is 2.06. The first kappa shape index (κ1) is 13.0. The van der Waals surface area contributed by atoms with Crippen LogP contribution in [-0.4, -0.2) is 0 Å². The van der Waals surface area contributed by atoms with Gasteiger partial charge in [0, 0.05) is 0 Å². The van der Waals surface area contributed by atoms with Crippen molar-refractivity contribution in [2.75, 3.05) is 0 Å². The topological polar surface area (TPSA) is 0 Å². The number of alkyl halides is 1. The Morgan fingerprint density at radius 3 is 2.29 bits per heavy atom. The summed E-state index contributed by atoms with van der Waals surface area (Å²) in [7, 11) is 0. The second-order valence-corrected chi connectivity index (χ2v) is 6.53. The van der Waals surface area contributed by atoms with Crippen molar-refractivity contribution >= 4 is 11.6 Å². The van der Waals surface area contributed by atoms with Crippen molar-refractivity contribution < 1.29 is 0 Å². The summed E-state index contributed by atoms with van der Waals surface area (Å²) in [5.74, 6) is 0.893. The van der Waals surface area contributed by atoms with E-state index in [1.807, 2.05) is 0 Å². The maximum absolute atomic E-state index is 6.44. The van der Waals surface area contributed by atoms with Gasteiger partial charge in [0.2, 0.25) is 0 Å². The standard InChI is InChI=1S/C16H23Cl/c1-4-16(2,3)14-9-7-13(8-10-14)15(17)11-12-5-6-12/h7-10,12,15H,4-6,11H2,1-3H3. The second kappa shape index (κ2) is 5.02. The van der Waals surface area contributed by atoms with Crippen molar-refractivity contribution in [3.63, 3.8) is 0 Å². The molecule has 1 aromatic carbocycles. The fourth-order valence-electron chi connectivity index (χ4n) is 2.13. The molecule has 94 valence electrons. The van der Waals surface area contributed by atoms with Gasteiger partial charge in [0.15, 0.2) is 0 Å². The number of hydrogen-bond acceptors (Lipinski definition) is 0. The number of halogens is 1. The highest BCUT2D eigenvalue weighted by atomic mass is 35.5. The quantitative estimate of drug-likeness (QED) is 0.609. The van der Waals surface area contributed by atoms with Crippen molar-refractivity contribution in [3.05, 3.63) is 35.4 Å². The largest absolute Gasteiger partial charge is 0.118 e. The molecule has 0 bridgehead atoms. The van der Waals surface area contributed by atoms with E-state index in [9.17, 15) is 0 Å². The summed E-state index contributed by atoms with van der Waals surface area (Å²) in [6.07, 6.45) is 5.07. The minimum Gasteiger partial charge on any atom is -0.118 e. The van der Waals surface area contributed by atoms with Crippen molar-refractivity contribution in [1.29, 1.82) is 0 Å². The summed E-state index contributed by atoms with van der Waals surface area (Å²) in [6.45, 7) is 6.83. The Labute approximate surface area is 110 Å². The van der Waals surface area contributed by atoms with E-state index in [-0.39, 0.29) is 10.8 Å². The van der Waals surface area contributed by atoms with Crippen molar-refractivity contribution in [2.45, 2.75) is 57.2 Å². The third-order valence-corrected chi connectivity index (χ3v) is 4.61. The van der Waals surface area contributed by atoms with Crippen LogP contribution in [0.4, 0.5) is 0 Å². The van der Waals surface area contributed by atoms with Crippen molar-refractivity contribution in [1.82, 2.24) is 0 Å². The molecule has 0 N–H and O–H groups in total.